The van der Waals surface area contributed by atoms with E-state index in [9.17, 15) is 28.8 Å². The van der Waals surface area contributed by atoms with E-state index in [2.05, 4.69) is 31.2 Å². The van der Waals surface area contributed by atoms with Crippen molar-refractivity contribution in [3.63, 3.8) is 0 Å². The molecule has 0 saturated heterocycles. The Bertz CT molecular complexity index is 1560. The van der Waals surface area contributed by atoms with E-state index in [4.69, 9.17) is 0 Å². The van der Waals surface area contributed by atoms with Gasteiger partial charge in [-0.2, -0.15) is 0 Å². The van der Waals surface area contributed by atoms with Gasteiger partial charge < -0.3 is 26.2 Å². The van der Waals surface area contributed by atoms with Gasteiger partial charge in [0, 0.05) is 31.4 Å². The van der Waals surface area contributed by atoms with Crippen LogP contribution in [0.4, 0.5) is 0 Å². The van der Waals surface area contributed by atoms with Crippen molar-refractivity contribution in [3.05, 3.63) is 59.7 Å². The molecule has 0 bridgehead atoms. The highest BCUT2D eigenvalue weighted by Gasteiger charge is 2.44. The number of rotatable bonds is 12. The van der Waals surface area contributed by atoms with E-state index in [1.54, 1.807) is 20.8 Å². The molecule has 13 heteroatoms. The van der Waals surface area contributed by atoms with Gasteiger partial charge in [-0.15, -0.1) is 0 Å². The molecule has 4 rings (SSSR count). The highest BCUT2D eigenvalue weighted by atomic mass is 16.2. The van der Waals surface area contributed by atoms with E-state index < -0.39 is 70.3 Å². The number of carbonyl (C=O) groups is 6. The van der Waals surface area contributed by atoms with Gasteiger partial charge in [-0.3, -0.25) is 33.8 Å². The van der Waals surface area contributed by atoms with Crippen LogP contribution in [0, 0.1) is 10.8 Å². The minimum Gasteiger partial charge on any atom is -0.347 e. The van der Waals surface area contributed by atoms with Crippen molar-refractivity contribution in [1.82, 2.24) is 36.1 Å². The van der Waals surface area contributed by atoms with Crippen molar-refractivity contribution in [2.45, 2.75) is 117 Å². The fraction of sp³-hybridized carbons (Fsp3) is 0.556. The molecule has 2 aromatic rings. The summed E-state index contributed by atoms with van der Waals surface area (Å²) in [5, 5.41) is 11.1. The van der Waals surface area contributed by atoms with E-state index in [0.29, 0.717) is 6.42 Å². The van der Waals surface area contributed by atoms with E-state index in [1.807, 2.05) is 52.0 Å². The molecular formula is C36H49N7O6. The van der Waals surface area contributed by atoms with E-state index in [1.165, 1.54) is 23.5 Å². The second-order valence-electron chi connectivity index (χ2n) is 15.1. The molecule has 1 aromatic carbocycles. The SMILES string of the molecule is CCCC(NC(=O)[C@@H]1Cc2ccccc2CN1C(=O)[C@@H](NC(=O)[C@@H](NC(=O)c1cnccn1)C(C)(C)C)C(C)(C)C)C(=O)C(=O)NC1CC1. The fourth-order valence-corrected chi connectivity index (χ4v) is 5.79. The van der Waals surface area contributed by atoms with Gasteiger partial charge in [-0.05, 0) is 41.2 Å². The number of aromatic nitrogens is 2. The van der Waals surface area contributed by atoms with E-state index >= 15 is 0 Å². The number of carbonyl (C=O) groups excluding carboxylic acids is 6. The molecule has 1 aliphatic heterocycles. The lowest BCUT2D eigenvalue weighted by atomic mass is 9.82. The van der Waals surface area contributed by atoms with Crippen LogP contribution in [0.2, 0.25) is 0 Å². The van der Waals surface area contributed by atoms with Crippen LogP contribution in [-0.2, 0) is 36.9 Å². The van der Waals surface area contributed by atoms with Crippen molar-refractivity contribution >= 4 is 35.3 Å². The van der Waals surface area contributed by atoms with Crippen LogP contribution in [0.3, 0.4) is 0 Å². The molecule has 1 fully saturated rings. The normalized spacial score (nSPS) is 17.9. The molecular weight excluding hydrogens is 626 g/mol. The molecule has 13 nitrogen and oxygen atoms in total. The van der Waals surface area contributed by atoms with Gasteiger partial charge in [-0.1, -0.05) is 79.2 Å². The van der Waals surface area contributed by atoms with E-state index in [0.717, 1.165) is 24.0 Å². The molecule has 0 radical (unpaired) electrons. The van der Waals surface area contributed by atoms with Crippen LogP contribution in [-0.4, -0.2) is 80.4 Å². The Balaban J connectivity index is 1.61. The summed E-state index contributed by atoms with van der Waals surface area (Å²) in [4.78, 5) is 90.7. The van der Waals surface area contributed by atoms with Crippen molar-refractivity contribution in [1.29, 1.82) is 0 Å². The number of fused-ring (bicyclic) bond motifs is 1. The third-order valence-electron chi connectivity index (χ3n) is 8.78. The summed E-state index contributed by atoms with van der Waals surface area (Å²) in [6, 6.07) is 3.26. The van der Waals surface area contributed by atoms with Gasteiger partial charge in [-0.25, -0.2) is 4.98 Å². The molecule has 1 aliphatic carbocycles. The zero-order valence-electron chi connectivity index (χ0n) is 29.5. The van der Waals surface area contributed by atoms with Gasteiger partial charge in [0.05, 0.1) is 12.2 Å². The molecule has 1 unspecified atom stereocenters. The Morgan fingerprint density at radius 1 is 0.878 bits per heavy atom. The molecule has 1 aromatic heterocycles. The number of nitrogens with zero attached hydrogens (tertiary/aromatic N) is 3. The van der Waals surface area contributed by atoms with Gasteiger partial charge in [0.1, 0.15) is 23.8 Å². The second kappa shape index (κ2) is 15.3. The summed E-state index contributed by atoms with van der Waals surface area (Å²) in [6.45, 7) is 12.8. The van der Waals surface area contributed by atoms with Crippen molar-refractivity contribution in [2.75, 3.05) is 0 Å². The highest BCUT2D eigenvalue weighted by Crippen LogP contribution is 2.29. The molecule has 2 aliphatic rings. The zero-order valence-corrected chi connectivity index (χ0v) is 29.5. The standard InChI is InChI=1S/C36H49N7O6/c1-8-11-24(27(44)32(47)39-23-14-15-23)40-31(46)26-18-21-12-9-10-13-22(21)20-43(26)34(49)29(36(5,6)7)42-33(48)28(35(2,3)4)41-30(45)25-19-37-16-17-38-25/h9-10,12-13,16-17,19,23-24,26,28-29H,8,11,14-15,18,20H2,1-7H3,(H,39,47)(H,40,46)(H,41,45)(H,42,48)/t24?,26-,28+,29+/m0/s1. The molecule has 49 heavy (non-hydrogen) atoms. The first-order valence-corrected chi connectivity index (χ1v) is 16.9. The predicted octanol–water partition coefficient (Wildman–Crippen LogP) is 2.24. The van der Waals surface area contributed by atoms with Crippen LogP contribution < -0.4 is 21.3 Å². The molecule has 4 N–H and O–H groups in total. The largest absolute Gasteiger partial charge is 0.347 e. The third-order valence-corrected chi connectivity index (χ3v) is 8.78. The lowest BCUT2D eigenvalue weighted by Gasteiger charge is -2.42. The number of hydrogen-bond acceptors (Lipinski definition) is 8. The second-order valence-corrected chi connectivity index (χ2v) is 15.1. The molecule has 2 heterocycles. The monoisotopic (exact) mass is 675 g/mol. The third kappa shape index (κ3) is 9.48. The van der Waals surface area contributed by atoms with Gasteiger partial charge in [0.25, 0.3) is 11.8 Å². The lowest BCUT2D eigenvalue weighted by molar-refractivity contribution is -0.148. The Morgan fingerprint density at radius 3 is 2.10 bits per heavy atom. The number of ketones is 1. The summed E-state index contributed by atoms with van der Waals surface area (Å²) in [5.74, 6) is -3.66. The lowest BCUT2D eigenvalue weighted by Crippen LogP contribution is -2.64. The summed E-state index contributed by atoms with van der Waals surface area (Å²) >= 11 is 0. The maximum Gasteiger partial charge on any atom is 0.289 e. The minimum absolute atomic E-state index is 0.0138. The zero-order chi connectivity index (χ0) is 36.1. The number of nitrogens with one attached hydrogen (secondary N) is 4. The Kier molecular flexibility index (Phi) is 11.6. The molecule has 0 spiro atoms. The summed E-state index contributed by atoms with van der Waals surface area (Å²) in [7, 11) is 0. The molecule has 5 amide bonds. The average molecular weight is 676 g/mol. The summed E-state index contributed by atoms with van der Waals surface area (Å²) < 4.78 is 0. The Hall–Kier alpha value is -4.68. The minimum atomic E-state index is -1.10. The Labute approximate surface area is 287 Å². The van der Waals surface area contributed by atoms with Gasteiger partial charge in [0.2, 0.25) is 23.5 Å². The first kappa shape index (κ1) is 37.1. The molecule has 4 atom stereocenters. The summed E-state index contributed by atoms with van der Waals surface area (Å²) in [6.07, 6.45) is 6.73. The van der Waals surface area contributed by atoms with Crippen molar-refractivity contribution in [3.8, 4) is 0 Å². The molecule has 264 valence electrons. The number of hydrogen-bond donors (Lipinski definition) is 4. The first-order chi connectivity index (χ1) is 23.0. The quantitative estimate of drug-likeness (QED) is 0.247. The van der Waals surface area contributed by atoms with Crippen LogP contribution >= 0.6 is 0 Å². The smallest absolute Gasteiger partial charge is 0.289 e. The van der Waals surface area contributed by atoms with Crippen LogP contribution in [0.5, 0.6) is 0 Å². The number of benzene rings is 1. The highest BCUT2D eigenvalue weighted by molar-refractivity contribution is 6.38. The molecule has 1 saturated carbocycles. The van der Waals surface area contributed by atoms with E-state index in [-0.39, 0.29) is 31.1 Å². The van der Waals surface area contributed by atoms with Gasteiger partial charge >= 0.3 is 0 Å². The topological polar surface area (TPSA) is 180 Å². The van der Waals surface area contributed by atoms with Crippen LogP contribution in [0.25, 0.3) is 0 Å². The Morgan fingerprint density at radius 2 is 1.53 bits per heavy atom. The van der Waals surface area contributed by atoms with Crippen molar-refractivity contribution in [2.24, 2.45) is 10.8 Å². The number of Topliss-reactive ketones (excluding diaryl/α,β-unsaturated/α-hetero) is 1. The maximum absolute atomic E-state index is 14.6. The first-order valence-electron chi connectivity index (χ1n) is 16.9. The summed E-state index contributed by atoms with van der Waals surface area (Å²) in [5.41, 5.74) is 0.203. The maximum atomic E-state index is 14.6. The van der Waals surface area contributed by atoms with Crippen molar-refractivity contribution < 1.29 is 28.8 Å². The van der Waals surface area contributed by atoms with Gasteiger partial charge in [0.15, 0.2) is 0 Å². The average Bonchev–Trinajstić information content (AvgIpc) is 3.87. The van der Waals surface area contributed by atoms with Crippen LogP contribution in [0.1, 0.15) is 95.8 Å². The van der Waals surface area contributed by atoms with Crippen LogP contribution in [0.15, 0.2) is 42.9 Å². The fourth-order valence-electron chi connectivity index (χ4n) is 5.79. The number of amides is 5. The predicted molar refractivity (Wildman–Crippen MR) is 182 cm³/mol.